The van der Waals surface area contributed by atoms with Crippen molar-refractivity contribution < 1.29 is 4.79 Å². The highest BCUT2D eigenvalue weighted by Gasteiger charge is 2.42. The molecule has 8 nitrogen and oxygen atoms in total. The molecule has 2 aromatic carbocycles. The molecule has 2 aliphatic rings. The molecule has 1 aromatic heterocycles. The third-order valence-corrected chi connectivity index (χ3v) is 7.46. The van der Waals surface area contributed by atoms with Gasteiger partial charge in [0.2, 0.25) is 5.91 Å². The van der Waals surface area contributed by atoms with E-state index in [-0.39, 0.29) is 5.91 Å². The van der Waals surface area contributed by atoms with Gasteiger partial charge in [0.1, 0.15) is 12.1 Å². The van der Waals surface area contributed by atoms with Crippen molar-refractivity contribution in [2.24, 2.45) is 0 Å². The van der Waals surface area contributed by atoms with Crippen molar-refractivity contribution in [1.82, 2.24) is 15.3 Å². The van der Waals surface area contributed by atoms with E-state index in [4.69, 9.17) is 10.8 Å². The number of fused-ring (bicyclic) bond motifs is 2. The molecule has 180 valence electrons. The molecule has 1 fully saturated rings. The van der Waals surface area contributed by atoms with E-state index in [0.717, 1.165) is 65.8 Å². The number of aryl methyl sites for hydroxylation is 1. The van der Waals surface area contributed by atoms with Crippen LogP contribution in [0.2, 0.25) is 0 Å². The molecule has 1 saturated carbocycles. The lowest BCUT2D eigenvalue weighted by Gasteiger charge is -2.40. The number of aromatic nitrogens is 2. The highest BCUT2D eigenvalue weighted by Crippen LogP contribution is 2.34. The number of hydrogen-bond acceptors (Lipinski definition) is 7. The van der Waals surface area contributed by atoms with E-state index in [1.165, 1.54) is 17.3 Å². The summed E-state index contributed by atoms with van der Waals surface area (Å²) < 4.78 is 0. The van der Waals surface area contributed by atoms with Crippen molar-refractivity contribution >= 4 is 40.2 Å². The summed E-state index contributed by atoms with van der Waals surface area (Å²) in [7, 11) is 1.86. The van der Waals surface area contributed by atoms with Gasteiger partial charge in [0.15, 0.2) is 0 Å². The predicted molar refractivity (Wildman–Crippen MR) is 140 cm³/mol. The molecule has 2 heterocycles. The lowest BCUT2D eigenvalue weighted by Crippen LogP contribution is -2.58. The van der Waals surface area contributed by atoms with Gasteiger partial charge in [-0.25, -0.2) is 9.97 Å². The first kappa shape index (κ1) is 23.1. The van der Waals surface area contributed by atoms with Gasteiger partial charge in [0, 0.05) is 42.5 Å². The van der Waals surface area contributed by atoms with Crippen LogP contribution in [-0.2, 0) is 17.8 Å². The largest absolute Gasteiger partial charge is 0.351 e. The first-order valence-electron chi connectivity index (χ1n) is 12.1. The Morgan fingerprint density at radius 2 is 2.03 bits per heavy atom. The zero-order valence-corrected chi connectivity index (χ0v) is 20.2. The van der Waals surface area contributed by atoms with Crippen molar-refractivity contribution in [3.05, 3.63) is 58.9 Å². The Morgan fingerprint density at radius 1 is 1.20 bits per heavy atom. The van der Waals surface area contributed by atoms with Crippen LogP contribution in [0.4, 0.5) is 11.5 Å². The number of likely N-dealkylation sites (N-methyl/N-ethyl adjacent to an activating group) is 1. The molecular formula is C27H31N7O. The number of nitrogens with one attached hydrogen (secondary N) is 4. The topological polar surface area (TPSA) is 118 Å². The van der Waals surface area contributed by atoms with Crippen LogP contribution in [0.15, 0.2) is 36.7 Å². The Hall–Kier alpha value is -3.65. The number of benzene rings is 2. The molecule has 1 aliphatic carbocycles. The van der Waals surface area contributed by atoms with E-state index in [9.17, 15) is 4.79 Å². The van der Waals surface area contributed by atoms with Gasteiger partial charge >= 0.3 is 0 Å². The Bertz CT molecular complexity index is 1320. The van der Waals surface area contributed by atoms with Gasteiger partial charge in [-0.2, -0.15) is 0 Å². The van der Waals surface area contributed by atoms with Gasteiger partial charge in [0.05, 0.1) is 11.1 Å². The van der Waals surface area contributed by atoms with Crippen LogP contribution in [0.1, 0.15) is 47.9 Å². The second-order valence-corrected chi connectivity index (χ2v) is 9.57. The maximum absolute atomic E-state index is 12.9. The molecular weight excluding hydrogens is 438 g/mol. The third-order valence-electron chi connectivity index (χ3n) is 7.46. The number of carbonyl (C=O) groups is 1. The number of amides is 1. The predicted octanol–water partition coefficient (Wildman–Crippen LogP) is 3.99. The summed E-state index contributed by atoms with van der Waals surface area (Å²) in [6.45, 7) is 3.51. The van der Waals surface area contributed by atoms with Crippen LogP contribution in [0.25, 0.3) is 10.9 Å². The van der Waals surface area contributed by atoms with Crippen LogP contribution >= 0.6 is 0 Å². The molecule has 1 amide bonds. The fraction of sp³-hybridized carbons (Fsp3) is 0.370. The molecule has 0 radical (unpaired) electrons. The zero-order valence-electron chi connectivity index (χ0n) is 20.2. The molecule has 35 heavy (non-hydrogen) atoms. The van der Waals surface area contributed by atoms with E-state index in [0.29, 0.717) is 18.7 Å². The highest BCUT2D eigenvalue weighted by atomic mass is 16.2. The Morgan fingerprint density at radius 3 is 2.74 bits per heavy atom. The number of hydrogen-bond donors (Lipinski definition) is 4. The third kappa shape index (κ3) is 4.18. The van der Waals surface area contributed by atoms with Crippen LogP contribution < -0.4 is 15.5 Å². The van der Waals surface area contributed by atoms with Crippen LogP contribution in [-0.4, -0.2) is 46.9 Å². The molecule has 0 saturated heterocycles. The lowest BCUT2D eigenvalue weighted by molar-refractivity contribution is -0.125. The van der Waals surface area contributed by atoms with E-state index < -0.39 is 5.54 Å². The van der Waals surface area contributed by atoms with Gasteiger partial charge in [-0.1, -0.05) is 6.07 Å². The Labute approximate surface area is 205 Å². The van der Waals surface area contributed by atoms with Crippen molar-refractivity contribution in [3.8, 4) is 0 Å². The summed E-state index contributed by atoms with van der Waals surface area (Å²) in [4.78, 5) is 24.3. The molecule has 0 spiro atoms. The van der Waals surface area contributed by atoms with E-state index in [1.807, 2.05) is 32.2 Å². The quantitative estimate of drug-likeness (QED) is 0.390. The second kappa shape index (κ2) is 9.19. The Kier molecular flexibility index (Phi) is 6.06. The smallest absolute Gasteiger partial charge is 0.244 e. The standard InChI is InChI=1S/C27H31N7O/c1-17-12-19(23(29)6-10-28)14-22-24(17)31-16-32-25(22)34-11-7-18-4-5-21(13-20(18)15-34)33-26(35)27(30-2)8-3-9-27/h4-5,10,12-14,16,28-30H,3,6-9,11,15H2,1-2H3,(H,33,35). The van der Waals surface area contributed by atoms with Gasteiger partial charge < -0.3 is 26.4 Å². The van der Waals surface area contributed by atoms with Crippen molar-refractivity contribution in [2.75, 3.05) is 23.8 Å². The SMILES string of the molecule is CNC1(C(=O)Nc2ccc3c(c2)CN(c2ncnc4c(C)cc(C(=N)CC=N)cc24)CC3)CCC1. The molecule has 8 heteroatoms. The first-order chi connectivity index (χ1) is 16.9. The van der Waals surface area contributed by atoms with Gasteiger partial charge in [-0.05, 0) is 86.2 Å². The highest BCUT2D eigenvalue weighted by molar-refractivity contribution is 6.08. The van der Waals surface area contributed by atoms with Crippen LogP contribution in [0.5, 0.6) is 0 Å². The van der Waals surface area contributed by atoms with E-state index in [1.54, 1.807) is 6.33 Å². The lowest BCUT2D eigenvalue weighted by atomic mass is 9.76. The minimum Gasteiger partial charge on any atom is -0.351 e. The van der Waals surface area contributed by atoms with Crippen molar-refractivity contribution in [3.63, 3.8) is 0 Å². The van der Waals surface area contributed by atoms with E-state index >= 15 is 0 Å². The van der Waals surface area contributed by atoms with Crippen molar-refractivity contribution in [1.29, 1.82) is 10.8 Å². The fourth-order valence-corrected chi connectivity index (χ4v) is 5.17. The Balaban J connectivity index is 1.44. The molecule has 0 unspecified atom stereocenters. The maximum Gasteiger partial charge on any atom is 0.244 e. The average molecular weight is 470 g/mol. The summed E-state index contributed by atoms with van der Waals surface area (Å²) in [6.07, 6.45) is 6.86. The maximum atomic E-state index is 12.9. The van der Waals surface area contributed by atoms with Crippen LogP contribution in [0, 0.1) is 17.7 Å². The average Bonchev–Trinajstić information content (AvgIpc) is 2.83. The molecule has 1 aliphatic heterocycles. The van der Waals surface area contributed by atoms with Gasteiger partial charge in [-0.15, -0.1) is 0 Å². The second-order valence-electron chi connectivity index (χ2n) is 9.57. The normalized spacial score (nSPS) is 16.3. The summed E-state index contributed by atoms with van der Waals surface area (Å²) >= 11 is 0. The number of rotatable bonds is 7. The minimum atomic E-state index is -0.442. The monoisotopic (exact) mass is 469 g/mol. The summed E-state index contributed by atoms with van der Waals surface area (Å²) in [5, 5.41) is 22.9. The molecule has 3 aromatic rings. The molecule has 5 rings (SSSR count). The number of anilines is 2. The summed E-state index contributed by atoms with van der Waals surface area (Å²) in [5.74, 6) is 0.891. The minimum absolute atomic E-state index is 0.0380. The fourth-order valence-electron chi connectivity index (χ4n) is 5.17. The van der Waals surface area contributed by atoms with Crippen molar-refractivity contribution in [2.45, 2.75) is 51.1 Å². The zero-order chi connectivity index (χ0) is 24.6. The number of nitrogens with zero attached hydrogens (tertiary/aromatic N) is 3. The molecule has 4 N–H and O–H groups in total. The first-order valence-corrected chi connectivity index (χ1v) is 12.1. The summed E-state index contributed by atoms with van der Waals surface area (Å²) in [6, 6.07) is 10.1. The van der Waals surface area contributed by atoms with Gasteiger partial charge in [-0.3, -0.25) is 4.79 Å². The summed E-state index contributed by atoms with van der Waals surface area (Å²) in [5.41, 5.74) is 5.93. The number of carbonyl (C=O) groups excluding carboxylic acids is 1. The van der Waals surface area contributed by atoms with E-state index in [2.05, 4.69) is 37.6 Å². The van der Waals surface area contributed by atoms with Gasteiger partial charge in [0.25, 0.3) is 0 Å². The van der Waals surface area contributed by atoms with Crippen LogP contribution in [0.3, 0.4) is 0 Å². The molecule has 0 atom stereocenters. The molecule has 0 bridgehead atoms.